The molecule has 0 atom stereocenters. The van der Waals surface area contributed by atoms with Gasteiger partial charge in [0.15, 0.2) is 0 Å². The topological polar surface area (TPSA) is 54.1 Å². The predicted molar refractivity (Wildman–Crippen MR) is 136 cm³/mol. The molecule has 0 saturated heterocycles. The van der Waals surface area contributed by atoms with Gasteiger partial charge in [0.1, 0.15) is 6.61 Å². The number of rotatable bonds is 3. The molecule has 0 radical (unpaired) electrons. The van der Waals surface area contributed by atoms with Gasteiger partial charge in [-0.2, -0.15) is 0 Å². The van der Waals surface area contributed by atoms with Crippen molar-refractivity contribution in [3.63, 3.8) is 0 Å². The van der Waals surface area contributed by atoms with Crippen LogP contribution in [-0.4, -0.2) is 24.2 Å². The quantitative estimate of drug-likeness (QED) is 0.326. The van der Waals surface area contributed by atoms with E-state index >= 15 is 0 Å². The number of hydrogen-bond donors (Lipinski definition) is 2. The summed E-state index contributed by atoms with van der Waals surface area (Å²) in [6, 6.07) is 30.9. The normalized spacial score (nSPS) is 12.1. The molecule has 0 aliphatic heterocycles. The Morgan fingerprint density at radius 2 is 1.50 bits per heavy atom. The monoisotopic (exact) mass is 442 g/mol. The fourth-order valence-electron chi connectivity index (χ4n) is 4.84. The van der Waals surface area contributed by atoms with Gasteiger partial charge in [0.2, 0.25) is 0 Å². The van der Waals surface area contributed by atoms with Crippen LogP contribution in [0.4, 0.5) is 4.79 Å². The number of ether oxygens (including phenoxy) is 1. The zero-order chi connectivity index (χ0) is 22.9. The minimum absolute atomic E-state index is 0.0483. The summed E-state index contributed by atoms with van der Waals surface area (Å²) in [4.78, 5) is 15.7. The van der Waals surface area contributed by atoms with E-state index in [4.69, 9.17) is 4.74 Å². The summed E-state index contributed by atoms with van der Waals surface area (Å²) in [5.74, 6) is 6.21. The van der Waals surface area contributed by atoms with E-state index in [2.05, 4.69) is 64.6 Å². The number of nitrogens with one attached hydrogen (secondary N) is 2. The maximum absolute atomic E-state index is 12.3. The van der Waals surface area contributed by atoms with Crippen LogP contribution in [-0.2, 0) is 4.74 Å². The van der Waals surface area contributed by atoms with Gasteiger partial charge in [-0.15, -0.1) is 0 Å². The summed E-state index contributed by atoms with van der Waals surface area (Å²) in [7, 11) is 0. The molecule has 164 valence electrons. The van der Waals surface area contributed by atoms with Crippen LogP contribution in [0.3, 0.4) is 0 Å². The lowest BCUT2D eigenvalue weighted by atomic mass is 9.98. The Labute approximate surface area is 197 Å². The lowest BCUT2D eigenvalue weighted by Gasteiger charge is -2.14. The van der Waals surface area contributed by atoms with Gasteiger partial charge in [-0.05, 0) is 46.5 Å². The van der Waals surface area contributed by atoms with Crippen LogP contribution in [0.5, 0.6) is 0 Å². The molecular weight excluding hydrogens is 420 g/mol. The number of hydrogen-bond acceptors (Lipinski definition) is 2. The average molecular weight is 443 g/mol. The molecule has 1 amide bonds. The van der Waals surface area contributed by atoms with Crippen molar-refractivity contribution in [2.45, 2.75) is 5.92 Å². The van der Waals surface area contributed by atoms with Crippen LogP contribution >= 0.6 is 0 Å². The molecule has 6 rings (SSSR count). The number of H-pyrrole nitrogens is 1. The Hall–Kier alpha value is -4.49. The van der Waals surface area contributed by atoms with Crippen LogP contribution in [0.1, 0.15) is 22.6 Å². The summed E-state index contributed by atoms with van der Waals surface area (Å²) >= 11 is 0. The highest BCUT2D eigenvalue weighted by Gasteiger charge is 2.28. The third-order valence-corrected chi connectivity index (χ3v) is 6.40. The Balaban J connectivity index is 1.09. The fraction of sp³-hybridized carbons (Fsp3) is 0.100. The summed E-state index contributed by atoms with van der Waals surface area (Å²) < 4.78 is 5.57. The Bertz CT molecular complexity index is 1560. The van der Waals surface area contributed by atoms with Crippen molar-refractivity contribution >= 4 is 27.9 Å². The van der Waals surface area contributed by atoms with Crippen molar-refractivity contribution in [1.82, 2.24) is 10.3 Å². The van der Waals surface area contributed by atoms with Crippen molar-refractivity contribution in [3.8, 4) is 23.0 Å². The first-order valence-electron chi connectivity index (χ1n) is 11.4. The maximum Gasteiger partial charge on any atom is 0.407 e. The fourth-order valence-corrected chi connectivity index (χ4v) is 4.84. The highest BCUT2D eigenvalue weighted by atomic mass is 16.5. The van der Waals surface area contributed by atoms with Crippen molar-refractivity contribution < 1.29 is 9.53 Å². The van der Waals surface area contributed by atoms with E-state index in [1.54, 1.807) is 0 Å². The third kappa shape index (κ3) is 3.58. The second kappa shape index (κ2) is 8.46. The SMILES string of the molecule is O=C(NCC#Cc1ccc2[nH]c3ccccc3c2c1)OCC1c2ccccc2-c2ccccc21. The number of aromatic amines is 1. The van der Waals surface area contributed by atoms with E-state index in [9.17, 15) is 4.79 Å². The molecule has 0 spiro atoms. The molecule has 1 aromatic heterocycles. The molecule has 0 fully saturated rings. The Morgan fingerprint density at radius 3 is 2.29 bits per heavy atom. The van der Waals surface area contributed by atoms with E-state index < -0.39 is 6.09 Å². The van der Waals surface area contributed by atoms with Crippen LogP contribution in [0.15, 0.2) is 91.0 Å². The highest BCUT2D eigenvalue weighted by molar-refractivity contribution is 6.07. The molecule has 4 nitrogen and oxygen atoms in total. The molecule has 1 heterocycles. The molecular formula is C30H22N2O2. The first-order chi connectivity index (χ1) is 16.8. The van der Waals surface area contributed by atoms with Crippen molar-refractivity contribution in [2.75, 3.05) is 13.2 Å². The van der Waals surface area contributed by atoms with Gasteiger partial charge in [-0.3, -0.25) is 0 Å². The van der Waals surface area contributed by atoms with Crippen LogP contribution in [0.25, 0.3) is 32.9 Å². The number of carbonyl (C=O) groups is 1. The molecule has 0 bridgehead atoms. The highest BCUT2D eigenvalue weighted by Crippen LogP contribution is 2.44. The second-order valence-corrected chi connectivity index (χ2v) is 8.41. The summed E-state index contributed by atoms with van der Waals surface area (Å²) in [6.45, 7) is 0.521. The number of fused-ring (bicyclic) bond motifs is 6. The lowest BCUT2D eigenvalue weighted by Crippen LogP contribution is -2.26. The number of alkyl carbamates (subject to hydrolysis) is 1. The van der Waals surface area contributed by atoms with Gasteiger partial charge in [0, 0.05) is 33.3 Å². The lowest BCUT2D eigenvalue weighted by molar-refractivity contribution is 0.144. The van der Waals surface area contributed by atoms with Crippen molar-refractivity contribution in [3.05, 3.63) is 108 Å². The van der Waals surface area contributed by atoms with Crippen LogP contribution < -0.4 is 5.32 Å². The van der Waals surface area contributed by atoms with E-state index in [0.717, 1.165) is 22.0 Å². The molecule has 0 saturated carbocycles. The van der Waals surface area contributed by atoms with Gasteiger partial charge < -0.3 is 15.0 Å². The average Bonchev–Trinajstić information content (AvgIpc) is 3.41. The summed E-state index contributed by atoms with van der Waals surface area (Å²) in [6.07, 6.45) is -0.455. The molecule has 34 heavy (non-hydrogen) atoms. The Kier molecular flexibility index (Phi) is 5.01. The molecule has 1 aliphatic rings. The third-order valence-electron chi connectivity index (χ3n) is 6.40. The van der Waals surface area contributed by atoms with Gasteiger partial charge in [-0.25, -0.2) is 4.79 Å². The molecule has 2 N–H and O–H groups in total. The number of amides is 1. The molecule has 4 heteroatoms. The first-order valence-corrected chi connectivity index (χ1v) is 11.4. The van der Waals surface area contributed by atoms with E-state index in [1.807, 2.05) is 48.5 Å². The zero-order valence-corrected chi connectivity index (χ0v) is 18.5. The minimum Gasteiger partial charge on any atom is -0.449 e. The summed E-state index contributed by atoms with van der Waals surface area (Å²) in [5.41, 5.74) is 7.93. The maximum atomic E-state index is 12.3. The number of para-hydroxylation sites is 1. The van der Waals surface area contributed by atoms with Gasteiger partial charge in [0.25, 0.3) is 0 Å². The van der Waals surface area contributed by atoms with Gasteiger partial charge in [-0.1, -0.05) is 78.6 Å². The standard InChI is InChI=1S/C30H22N2O2/c33-30(34-19-27-23-11-3-1-9-21(23)22-10-2-4-12-24(22)27)31-17-7-8-20-15-16-29-26(18-20)25-13-5-6-14-28(25)32-29/h1-6,9-16,18,27,32H,17,19H2,(H,31,33). The minimum atomic E-state index is -0.455. The smallest absolute Gasteiger partial charge is 0.407 e. The van der Waals surface area contributed by atoms with Crippen LogP contribution in [0.2, 0.25) is 0 Å². The molecule has 1 aliphatic carbocycles. The largest absolute Gasteiger partial charge is 0.449 e. The predicted octanol–water partition coefficient (Wildman–Crippen LogP) is 6.21. The van der Waals surface area contributed by atoms with Crippen molar-refractivity contribution in [2.24, 2.45) is 0 Å². The van der Waals surface area contributed by atoms with E-state index in [1.165, 1.54) is 27.6 Å². The molecule has 4 aromatic carbocycles. The van der Waals surface area contributed by atoms with Gasteiger partial charge >= 0.3 is 6.09 Å². The Morgan fingerprint density at radius 1 is 0.824 bits per heavy atom. The molecule has 0 unspecified atom stereocenters. The number of carbonyl (C=O) groups excluding carboxylic acids is 1. The van der Waals surface area contributed by atoms with Crippen LogP contribution in [0, 0.1) is 11.8 Å². The second-order valence-electron chi connectivity index (χ2n) is 8.41. The summed E-state index contributed by atoms with van der Waals surface area (Å²) in [5, 5.41) is 5.07. The van der Waals surface area contributed by atoms with Crippen molar-refractivity contribution in [1.29, 1.82) is 0 Å². The van der Waals surface area contributed by atoms with Gasteiger partial charge in [0.05, 0.1) is 6.54 Å². The number of benzene rings is 4. The van der Waals surface area contributed by atoms with E-state index in [-0.39, 0.29) is 12.5 Å². The first kappa shape index (κ1) is 20.1. The molecule has 5 aromatic rings. The number of aromatic nitrogens is 1. The zero-order valence-electron chi connectivity index (χ0n) is 18.5. The van der Waals surface area contributed by atoms with E-state index in [0.29, 0.717) is 6.61 Å².